The molecule has 2 N–H and O–H groups in total. The maximum Gasteiger partial charge on any atom is 0.322 e. The molecule has 0 atom stereocenters. The average Bonchev–Trinajstić information content (AvgIpc) is 2.22. The Morgan fingerprint density at radius 1 is 1.37 bits per heavy atom. The smallest absolute Gasteiger partial charge is 0.322 e. The molecule has 0 amide bonds. The predicted molar refractivity (Wildman–Crippen MR) is 79.4 cm³/mol. The van der Waals surface area contributed by atoms with Crippen LogP contribution in [0.15, 0.2) is 17.3 Å². The van der Waals surface area contributed by atoms with Crippen molar-refractivity contribution in [1.29, 1.82) is 0 Å². The lowest BCUT2D eigenvalue weighted by Crippen LogP contribution is -2.36. The monoisotopic (exact) mass is 302 g/mol. The molecule has 1 aromatic heterocycles. The number of thioether (sulfide) groups is 1. The average molecular weight is 303 g/mol. The third kappa shape index (κ3) is 4.58. The van der Waals surface area contributed by atoms with Crippen molar-refractivity contribution in [1.82, 2.24) is 4.98 Å². The Labute approximate surface area is 123 Å². The van der Waals surface area contributed by atoms with Crippen LogP contribution in [0, 0.1) is 0 Å². The fraction of sp³-hybridized carbons (Fsp3) is 0.538. The highest BCUT2D eigenvalue weighted by atomic mass is 35.5. The Morgan fingerprint density at radius 3 is 2.47 bits per heavy atom. The number of hydrogen-bond acceptors (Lipinski definition) is 5. The second-order valence-corrected chi connectivity index (χ2v) is 7.64. The number of ether oxygens (including phenoxy) is 1. The summed E-state index contributed by atoms with van der Waals surface area (Å²) in [5.41, 5.74) is 5.70. The van der Waals surface area contributed by atoms with Crippen LogP contribution in [0.2, 0.25) is 5.02 Å². The van der Waals surface area contributed by atoms with Crippen molar-refractivity contribution in [3.05, 3.63) is 17.3 Å². The number of pyridine rings is 1. The van der Waals surface area contributed by atoms with Crippen molar-refractivity contribution in [3.8, 4) is 0 Å². The number of anilines is 1. The molecule has 0 fully saturated rings. The molecule has 0 aromatic carbocycles. The van der Waals surface area contributed by atoms with Gasteiger partial charge in [-0.05, 0) is 40.7 Å². The van der Waals surface area contributed by atoms with Crippen molar-refractivity contribution in [3.63, 3.8) is 0 Å². The quantitative estimate of drug-likeness (QED) is 0.683. The first-order valence-corrected chi connectivity index (χ1v) is 7.05. The Hall–Kier alpha value is -0.940. The Kier molecular flexibility index (Phi) is 4.74. The topological polar surface area (TPSA) is 65.2 Å². The second kappa shape index (κ2) is 5.59. The summed E-state index contributed by atoms with van der Waals surface area (Å²) in [6.07, 6.45) is 1.56. The van der Waals surface area contributed by atoms with E-state index in [0.717, 1.165) is 0 Å². The third-order valence-corrected chi connectivity index (χ3v) is 3.67. The van der Waals surface area contributed by atoms with E-state index in [1.807, 2.05) is 20.8 Å². The first-order chi connectivity index (χ1) is 8.53. The van der Waals surface area contributed by atoms with Crippen molar-refractivity contribution in [2.75, 3.05) is 5.73 Å². The molecule has 0 spiro atoms. The van der Waals surface area contributed by atoms with Gasteiger partial charge in [-0.15, -0.1) is 0 Å². The Bertz CT molecular complexity index is 484. The molecule has 0 aliphatic rings. The molecular formula is C13H19ClN2O2S. The summed E-state index contributed by atoms with van der Waals surface area (Å²) in [5, 5.41) is 0.959. The van der Waals surface area contributed by atoms with Crippen LogP contribution in [0.1, 0.15) is 34.6 Å². The summed E-state index contributed by atoms with van der Waals surface area (Å²) in [5.74, 6) is -0.314. The van der Waals surface area contributed by atoms with Crippen LogP contribution < -0.4 is 5.73 Å². The lowest BCUT2D eigenvalue weighted by Gasteiger charge is -2.28. The molecule has 6 heteroatoms. The van der Waals surface area contributed by atoms with Crippen LogP contribution in [-0.4, -0.2) is 21.3 Å². The first-order valence-electron chi connectivity index (χ1n) is 5.85. The first kappa shape index (κ1) is 16.1. The number of nitrogens with zero attached hydrogens (tertiary/aromatic N) is 1. The fourth-order valence-corrected chi connectivity index (χ4v) is 2.34. The zero-order valence-corrected chi connectivity index (χ0v) is 13.4. The molecule has 0 saturated carbocycles. The van der Waals surface area contributed by atoms with E-state index in [9.17, 15) is 4.79 Å². The molecule has 1 rings (SSSR count). The lowest BCUT2D eigenvalue weighted by atomic mass is 10.1. The number of carbonyl (C=O) groups excluding carboxylic acids is 1. The number of nitrogen functional groups attached to an aromatic ring is 1. The van der Waals surface area contributed by atoms with E-state index in [-0.39, 0.29) is 5.97 Å². The van der Waals surface area contributed by atoms with Crippen LogP contribution in [0.25, 0.3) is 0 Å². The highest BCUT2D eigenvalue weighted by molar-refractivity contribution is 8.01. The lowest BCUT2D eigenvalue weighted by molar-refractivity contribution is -0.156. The molecule has 0 radical (unpaired) electrons. The maximum atomic E-state index is 12.1. The molecule has 4 nitrogen and oxygen atoms in total. The van der Waals surface area contributed by atoms with Gasteiger partial charge in [0.25, 0.3) is 0 Å². The minimum absolute atomic E-state index is 0.314. The maximum absolute atomic E-state index is 12.1. The van der Waals surface area contributed by atoms with Gasteiger partial charge in [-0.3, -0.25) is 4.79 Å². The zero-order valence-electron chi connectivity index (χ0n) is 11.8. The molecular weight excluding hydrogens is 284 g/mol. The molecule has 1 aromatic rings. The van der Waals surface area contributed by atoms with Gasteiger partial charge < -0.3 is 10.5 Å². The highest BCUT2D eigenvalue weighted by Crippen LogP contribution is 2.38. The van der Waals surface area contributed by atoms with Gasteiger partial charge in [-0.2, -0.15) is 0 Å². The summed E-state index contributed by atoms with van der Waals surface area (Å²) < 4.78 is 4.59. The van der Waals surface area contributed by atoms with Gasteiger partial charge in [0.15, 0.2) is 0 Å². The molecule has 0 saturated heterocycles. The molecule has 1 heterocycles. The Balaban J connectivity index is 2.90. The normalized spacial score (nSPS) is 12.3. The van der Waals surface area contributed by atoms with Crippen LogP contribution >= 0.6 is 23.4 Å². The van der Waals surface area contributed by atoms with Gasteiger partial charge >= 0.3 is 5.97 Å². The summed E-state index contributed by atoms with van der Waals surface area (Å²) in [6.45, 7) is 9.04. The minimum atomic E-state index is -0.793. The standard InChI is InChI=1S/C13H19ClN2O2S/c1-12(2,3)18-11(17)13(4,5)19-10-9(15)8(14)6-7-16-10/h6-7H,15H2,1-5H3. The highest BCUT2D eigenvalue weighted by Gasteiger charge is 2.34. The second-order valence-electron chi connectivity index (χ2n) is 5.63. The van der Waals surface area contributed by atoms with E-state index >= 15 is 0 Å². The number of hydrogen-bond donors (Lipinski definition) is 1. The number of carbonyl (C=O) groups is 1. The van der Waals surface area contributed by atoms with Gasteiger partial charge in [0.05, 0.1) is 10.7 Å². The van der Waals surface area contributed by atoms with Crippen LogP contribution in [-0.2, 0) is 9.53 Å². The molecule has 19 heavy (non-hydrogen) atoms. The van der Waals surface area contributed by atoms with Crippen LogP contribution in [0.4, 0.5) is 5.69 Å². The van der Waals surface area contributed by atoms with Gasteiger partial charge in [0.1, 0.15) is 15.4 Å². The number of nitrogens with two attached hydrogens (primary N) is 1. The summed E-state index contributed by atoms with van der Waals surface area (Å²) >= 11 is 7.17. The summed E-state index contributed by atoms with van der Waals surface area (Å²) in [4.78, 5) is 16.3. The molecule has 0 unspecified atom stereocenters. The Morgan fingerprint density at radius 2 is 1.95 bits per heavy atom. The van der Waals surface area contributed by atoms with E-state index in [1.165, 1.54) is 11.8 Å². The van der Waals surface area contributed by atoms with E-state index in [2.05, 4.69) is 4.98 Å². The van der Waals surface area contributed by atoms with E-state index in [4.69, 9.17) is 22.1 Å². The van der Waals surface area contributed by atoms with Gasteiger partial charge in [0, 0.05) is 6.20 Å². The van der Waals surface area contributed by atoms with Crippen LogP contribution in [0.5, 0.6) is 0 Å². The predicted octanol–water partition coefficient (Wildman–Crippen LogP) is 3.53. The summed E-state index contributed by atoms with van der Waals surface area (Å²) in [7, 11) is 0. The summed E-state index contributed by atoms with van der Waals surface area (Å²) in [6, 6.07) is 1.61. The number of rotatable bonds is 3. The molecule has 0 aliphatic heterocycles. The van der Waals surface area contributed by atoms with Crippen molar-refractivity contribution in [2.45, 2.75) is 50.0 Å². The number of esters is 1. The van der Waals surface area contributed by atoms with Crippen molar-refractivity contribution < 1.29 is 9.53 Å². The molecule has 0 bridgehead atoms. The number of aromatic nitrogens is 1. The SMILES string of the molecule is CC(C)(C)OC(=O)C(C)(C)Sc1nccc(Cl)c1N. The largest absolute Gasteiger partial charge is 0.459 e. The minimum Gasteiger partial charge on any atom is -0.459 e. The molecule has 106 valence electrons. The zero-order chi connectivity index (χ0) is 14.8. The van der Waals surface area contributed by atoms with Crippen molar-refractivity contribution >= 4 is 35.0 Å². The van der Waals surface area contributed by atoms with Gasteiger partial charge in [-0.1, -0.05) is 23.4 Å². The van der Waals surface area contributed by atoms with Gasteiger partial charge in [-0.25, -0.2) is 4.98 Å². The molecule has 0 aliphatic carbocycles. The van der Waals surface area contributed by atoms with Crippen LogP contribution in [0.3, 0.4) is 0 Å². The van der Waals surface area contributed by atoms with E-state index in [0.29, 0.717) is 15.7 Å². The van der Waals surface area contributed by atoms with Gasteiger partial charge in [0.2, 0.25) is 0 Å². The fourth-order valence-electron chi connectivity index (χ4n) is 1.20. The van der Waals surface area contributed by atoms with Crippen molar-refractivity contribution in [2.24, 2.45) is 0 Å². The number of halogens is 1. The van der Waals surface area contributed by atoms with E-state index < -0.39 is 10.3 Å². The third-order valence-electron chi connectivity index (χ3n) is 2.14. The van der Waals surface area contributed by atoms with E-state index in [1.54, 1.807) is 26.1 Å².